The molecule has 0 aliphatic carbocycles. The number of amidine groups is 1. The Morgan fingerprint density at radius 1 is 1.62 bits per heavy atom. The molecule has 0 bridgehead atoms. The lowest BCUT2D eigenvalue weighted by Gasteiger charge is -2.34. The minimum atomic E-state index is -1.11. The molecule has 1 fully saturated rings. The van der Waals surface area contributed by atoms with Crippen LogP contribution in [0.2, 0.25) is 0 Å². The van der Waals surface area contributed by atoms with Gasteiger partial charge in [-0.05, 0) is 5.53 Å². The van der Waals surface area contributed by atoms with E-state index in [9.17, 15) is 10.2 Å². The molecule has 0 aromatic rings. The lowest BCUT2D eigenvalue weighted by Crippen LogP contribution is -2.57. The highest BCUT2D eigenvalue weighted by atomic mass is 16.5. The van der Waals surface area contributed by atoms with Gasteiger partial charge >= 0.3 is 0 Å². The zero-order valence-corrected chi connectivity index (χ0v) is 10.8. The molecular formula is C10H14N8O3. The van der Waals surface area contributed by atoms with Crippen molar-refractivity contribution in [2.75, 3.05) is 6.61 Å². The highest BCUT2D eigenvalue weighted by Gasteiger charge is 2.50. The molecule has 3 aliphatic heterocycles. The van der Waals surface area contributed by atoms with Gasteiger partial charge in [0.1, 0.15) is 30.6 Å². The van der Waals surface area contributed by atoms with Gasteiger partial charge in [0.15, 0.2) is 5.84 Å². The molecule has 112 valence electrons. The maximum Gasteiger partial charge on any atom is 0.151 e. The highest BCUT2D eigenvalue weighted by molar-refractivity contribution is 5.96. The largest absolute Gasteiger partial charge is 0.394 e. The summed E-state index contributed by atoms with van der Waals surface area (Å²) in [6.45, 7) is -0.390. The number of azide groups is 1. The monoisotopic (exact) mass is 294 g/mol. The Labute approximate surface area is 119 Å². The van der Waals surface area contributed by atoms with Crippen molar-refractivity contribution < 1.29 is 14.9 Å². The van der Waals surface area contributed by atoms with E-state index in [4.69, 9.17) is 15.7 Å². The number of aliphatic hydroxyl groups excluding tert-OH is 2. The van der Waals surface area contributed by atoms with Crippen LogP contribution < -0.4 is 5.32 Å². The van der Waals surface area contributed by atoms with Gasteiger partial charge in [0, 0.05) is 4.91 Å². The molecule has 0 spiro atoms. The molecule has 3 rings (SSSR count). The first-order valence-electron chi connectivity index (χ1n) is 6.33. The molecule has 0 amide bonds. The summed E-state index contributed by atoms with van der Waals surface area (Å²) in [5, 5.41) is 33.5. The van der Waals surface area contributed by atoms with Crippen molar-refractivity contribution in [2.24, 2.45) is 15.1 Å². The van der Waals surface area contributed by atoms with Gasteiger partial charge in [-0.1, -0.05) is 5.11 Å². The molecular weight excluding hydrogens is 280 g/mol. The van der Waals surface area contributed by atoms with Gasteiger partial charge in [0.05, 0.1) is 25.4 Å². The summed E-state index contributed by atoms with van der Waals surface area (Å²) in [5.41, 5.74) is 8.64. The van der Waals surface area contributed by atoms with Crippen molar-refractivity contribution >= 4 is 18.5 Å². The number of nitrogens with zero attached hydrogens (tertiary/aromatic N) is 6. The van der Waals surface area contributed by atoms with Crippen LogP contribution in [-0.4, -0.2) is 76.9 Å². The van der Waals surface area contributed by atoms with Crippen LogP contribution in [0.4, 0.5) is 0 Å². The van der Waals surface area contributed by atoms with Gasteiger partial charge in [-0.3, -0.25) is 10.4 Å². The Morgan fingerprint density at radius 2 is 2.43 bits per heavy atom. The standard InChI is InChI=1S/C10H14N8O3/c11-8-6-9(14-2-13-8)18(3-15-6)10-5(16-17-12)7(20)4(1-19)21-10/h2-7,9-10,19-20H,1H2,(H2,11,13,14)/t4-,5-,6?,7-,9?,10-/m1/s1. The Morgan fingerprint density at radius 3 is 3.14 bits per heavy atom. The van der Waals surface area contributed by atoms with Crippen LogP contribution in [0.5, 0.6) is 0 Å². The predicted octanol–water partition coefficient (Wildman–Crippen LogP) is -1.61. The molecule has 3 aliphatic rings. The number of ether oxygens (including phenoxy) is 1. The number of nitrogens with one attached hydrogen (secondary N) is 2. The highest BCUT2D eigenvalue weighted by Crippen LogP contribution is 2.30. The fourth-order valence-electron chi connectivity index (χ4n) is 2.66. The normalized spacial score (nSPS) is 40.9. The SMILES string of the molecule is [N-]=[N+]=N[C@@H]1[C@H](O)[C@@H](CO)O[C@H]1N1C=NC2C(=N)N=CNC21. The summed E-state index contributed by atoms with van der Waals surface area (Å²) in [6, 6.07) is -1.37. The summed E-state index contributed by atoms with van der Waals surface area (Å²) >= 11 is 0. The summed E-state index contributed by atoms with van der Waals surface area (Å²) in [4.78, 5) is 12.4. The van der Waals surface area contributed by atoms with Gasteiger partial charge < -0.3 is 25.2 Å². The van der Waals surface area contributed by atoms with E-state index >= 15 is 0 Å². The van der Waals surface area contributed by atoms with E-state index in [0.717, 1.165) is 0 Å². The van der Waals surface area contributed by atoms with E-state index in [1.807, 2.05) is 0 Å². The predicted molar refractivity (Wildman–Crippen MR) is 71.9 cm³/mol. The minimum absolute atomic E-state index is 0.107. The summed E-state index contributed by atoms with van der Waals surface area (Å²) < 4.78 is 5.57. The molecule has 21 heavy (non-hydrogen) atoms. The van der Waals surface area contributed by atoms with Crippen LogP contribution in [0.1, 0.15) is 0 Å². The maximum atomic E-state index is 10.0. The van der Waals surface area contributed by atoms with Gasteiger partial charge in [-0.2, -0.15) is 0 Å². The van der Waals surface area contributed by atoms with E-state index in [0.29, 0.717) is 0 Å². The summed E-state index contributed by atoms with van der Waals surface area (Å²) in [6.07, 6.45) is -0.264. The molecule has 2 unspecified atom stereocenters. The van der Waals surface area contributed by atoms with Crippen LogP contribution in [0.15, 0.2) is 15.1 Å². The molecule has 0 saturated carbocycles. The minimum Gasteiger partial charge on any atom is -0.394 e. The Balaban J connectivity index is 1.86. The molecule has 1 saturated heterocycles. The van der Waals surface area contributed by atoms with Gasteiger partial charge in [-0.25, -0.2) is 4.99 Å². The fraction of sp³-hybridized carbons (Fsp3) is 0.700. The topological polar surface area (TPSA) is 162 Å². The third-order valence-corrected chi connectivity index (χ3v) is 3.71. The molecule has 3 heterocycles. The molecule has 11 heteroatoms. The lowest BCUT2D eigenvalue weighted by molar-refractivity contribution is -0.0660. The van der Waals surface area contributed by atoms with Crippen molar-refractivity contribution in [3.8, 4) is 0 Å². The lowest BCUT2D eigenvalue weighted by atomic mass is 10.1. The summed E-state index contributed by atoms with van der Waals surface area (Å²) in [7, 11) is 0. The van der Waals surface area contributed by atoms with Crippen molar-refractivity contribution in [3.63, 3.8) is 0 Å². The first kappa shape index (κ1) is 13.8. The van der Waals surface area contributed by atoms with Crippen molar-refractivity contribution in [2.45, 2.75) is 36.7 Å². The van der Waals surface area contributed by atoms with E-state index in [1.54, 1.807) is 4.90 Å². The molecule has 4 N–H and O–H groups in total. The fourth-order valence-corrected chi connectivity index (χ4v) is 2.66. The number of hydrogen-bond acceptors (Lipinski definition) is 8. The van der Waals surface area contributed by atoms with E-state index in [1.165, 1.54) is 12.7 Å². The van der Waals surface area contributed by atoms with E-state index in [-0.39, 0.29) is 12.4 Å². The second kappa shape index (κ2) is 5.30. The van der Waals surface area contributed by atoms with Crippen LogP contribution in [0, 0.1) is 5.41 Å². The number of fused-ring (bicyclic) bond motifs is 1. The van der Waals surface area contributed by atoms with Crippen LogP contribution in [-0.2, 0) is 4.74 Å². The molecule has 11 nitrogen and oxygen atoms in total. The first-order chi connectivity index (χ1) is 10.2. The molecule has 0 radical (unpaired) electrons. The van der Waals surface area contributed by atoms with E-state index < -0.39 is 36.7 Å². The molecule has 0 aromatic carbocycles. The van der Waals surface area contributed by atoms with Gasteiger partial charge in [0.2, 0.25) is 0 Å². The second-order valence-corrected chi connectivity index (χ2v) is 4.85. The zero-order chi connectivity index (χ0) is 15.0. The maximum absolute atomic E-state index is 10.0. The summed E-state index contributed by atoms with van der Waals surface area (Å²) in [5.74, 6) is 0.107. The second-order valence-electron chi connectivity index (χ2n) is 4.85. The number of hydrogen-bond donors (Lipinski definition) is 4. The van der Waals surface area contributed by atoms with Crippen LogP contribution in [0.25, 0.3) is 10.4 Å². The number of aliphatic imine (C=N–C) groups is 2. The smallest absolute Gasteiger partial charge is 0.151 e. The van der Waals surface area contributed by atoms with Crippen molar-refractivity contribution in [1.29, 1.82) is 5.41 Å². The average Bonchev–Trinajstić information content (AvgIpc) is 3.03. The quantitative estimate of drug-likeness (QED) is 0.279. The third kappa shape index (κ3) is 2.12. The average molecular weight is 294 g/mol. The van der Waals surface area contributed by atoms with Crippen LogP contribution in [0.3, 0.4) is 0 Å². The molecule has 0 aromatic heterocycles. The first-order valence-corrected chi connectivity index (χ1v) is 6.33. The Hall–Kier alpha value is -2.20. The van der Waals surface area contributed by atoms with Crippen LogP contribution >= 0.6 is 0 Å². The molecule has 6 atom stereocenters. The van der Waals surface area contributed by atoms with Crippen molar-refractivity contribution in [3.05, 3.63) is 10.4 Å². The van der Waals surface area contributed by atoms with Gasteiger partial charge in [-0.15, -0.1) is 0 Å². The van der Waals surface area contributed by atoms with Gasteiger partial charge in [0.25, 0.3) is 0 Å². The van der Waals surface area contributed by atoms with E-state index in [2.05, 4.69) is 25.3 Å². The Bertz CT molecular complexity index is 544. The third-order valence-electron chi connectivity index (χ3n) is 3.71. The zero-order valence-electron chi connectivity index (χ0n) is 10.8. The number of rotatable bonds is 3. The van der Waals surface area contributed by atoms with Crippen molar-refractivity contribution in [1.82, 2.24) is 10.2 Å². The number of aliphatic hydroxyl groups is 2. The Kier molecular flexibility index (Phi) is 3.47.